The number of ether oxygens (including phenoxy) is 3. The molecular weight excluding hydrogens is 424 g/mol. The second-order valence-electron chi connectivity index (χ2n) is 10.1. The van der Waals surface area contributed by atoms with E-state index < -0.39 is 0 Å². The van der Waals surface area contributed by atoms with E-state index in [4.69, 9.17) is 19.3 Å². The normalized spacial score (nSPS) is 10.9. The molecule has 0 atom stereocenters. The molecule has 0 aliphatic rings. The predicted octanol–water partition coefficient (Wildman–Crippen LogP) is 7.64. The Labute approximate surface area is 210 Å². The van der Waals surface area contributed by atoms with Gasteiger partial charge in [-0.15, -0.1) is 0 Å². The topological polar surface area (TPSA) is 47.9 Å². The van der Waals surface area contributed by atoms with Crippen LogP contribution in [0.5, 0.6) is 11.5 Å². The van der Waals surface area contributed by atoms with Gasteiger partial charge >= 0.3 is 0 Å². The zero-order valence-electron chi connectivity index (χ0n) is 21.7. The molecule has 0 heterocycles. The first-order chi connectivity index (χ1) is 14.9. The lowest BCUT2D eigenvalue weighted by Gasteiger charge is -2.23. The third-order valence-electron chi connectivity index (χ3n) is 4.93. The lowest BCUT2D eigenvalue weighted by Crippen LogP contribution is -2.15. The highest BCUT2D eigenvalue weighted by molar-refractivity contribution is 5.42. The van der Waals surface area contributed by atoms with Crippen LogP contribution in [0.2, 0.25) is 0 Å². The van der Waals surface area contributed by atoms with Gasteiger partial charge in [-0.25, -0.2) is 0 Å². The van der Waals surface area contributed by atoms with E-state index in [1.807, 2.05) is 19.9 Å². The average molecular weight is 477 g/mol. The molecule has 0 unspecified atom stereocenters. The Morgan fingerprint density at radius 1 is 0.676 bits per heavy atom. The minimum absolute atomic E-state index is 0. The predicted molar refractivity (Wildman–Crippen MR) is 148 cm³/mol. The Kier molecular flexibility index (Phi) is 15.8. The highest BCUT2D eigenvalue weighted by Crippen LogP contribution is 2.33. The molecule has 196 valence electrons. The van der Waals surface area contributed by atoms with Crippen molar-refractivity contribution >= 4 is 0 Å². The van der Waals surface area contributed by atoms with Crippen LogP contribution in [0, 0.1) is 13.8 Å². The van der Waals surface area contributed by atoms with E-state index in [0.717, 1.165) is 18.1 Å². The fraction of sp³-hybridized carbons (Fsp3) is 0.600. The molecule has 0 aliphatic heterocycles. The van der Waals surface area contributed by atoms with E-state index in [2.05, 4.69) is 78.8 Å². The van der Waals surface area contributed by atoms with E-state index in [1.165, 1.54) is 22.3 Å². The van der Waals surface area contributed by atoms with E-state index in [-0.39, 0.29) is 32.3 Å². The van der Waals surface area contributed by atoms with Gasteiger partial charge in [0.05, 0.1) is 13.2 Å². The Morgan fingerprint density at radius 2 is 1.09 bits per heavy atom. The summed E-state index contributed by atoms with van der Waals surface area (Å²) in [6, 6.07) is 12.6. The largest absolute Gasteiger partial charge is 0.491 e. The van der Waals surface area contributed by atoms with Crippen molar-refractivity contribution in [2.24, 2.45) is 0 Å². The third kappa shape index (κ3) is 11.9. The molecule has 4 nitrogen and oxygen atoms in total. The molecule has 2 aromatic carbocycles. The zero-order chi connectivity index (χ0) is 24.4. The van der Waals surface area contributed by atoms with E-state index in [1.54, 1.807) is 0 Å². The van der Waals surface area contributed by atoms with Gasteiger partial charge in [0, 0.05) is 6.61 Å². The van der Waals surface area contributed by atoms with Crippen molar-refractivity contribution < 1.29 is 19.3 Å². The molecule has 1 N–H and O–H groups in total. The van der Waals surface area contributed by atoms with Crippen LogP contribution in [0.3, 0.4) is 0 Å². The standard InChI is InChI=1S/C15H24O2.C13H20O2.2CH4/c1-6-16-9-10-17-14-11-12(2)7-8-13(14)15(3,4)5;1-10-5-6-11(13(2,3)4)12(9-10)15-8-7-14;;/h7-8,11H,6,9-10H2,1-5H3;5-6,9,14H,7-8H2,1-4H3;2*1H4. The number of hydrogen-bond donors (Lipinski definition) is 1. The van der Waals surface area contributed by atoms with Crippen LogP contribution in [-0.2, 0) is 15.6 Å². The molecule has 2 rings (SSSR count). The van der Waals surface area contributed by atoms with Crippen LogP contribution >= 0.6 is 0 Å². The van der Waals surface area contributed by atoms with Crippen molar-refractivity contribution in [1.82, 2.24) is 0 Å². The van der Waals surface area contributed by atoms with Crippen molar-refractivity contribution in [1.29, 1.82) is 0 Å². The van der Waals surface area contributed by atoms with Crippen molar-refractivity contribution in [3.8, 4) is 11.5 Å². The van der Waals surface area contributed by atoms with E-state index in [0.29, 0.717) is 19.8 Å². The molecule has 2 aromatic rings. The maximum atomic E-state index is 8.77. The number of rotatable bonds is 8. The number of aryl methyl sites for hydroxylation is 2. The molecule has 0 amide bonds. The average Bonchev–Trinajstić information content (AvgIpc) is 2.68. The molecule has 0 saturated carbocycles. The molecule has 0 radical (unpaired) electrons. The minimum atomic E-state index is 0. The summed E-state index contributed by atoms with van der Waals surface area (Å²) in [6.07, 6.45) is 0. The van der Waals surface area contributed by atoms with Gasteiger partial charge in [0.15, 0.2) is 0 Å². The smallest absolute Gasteiger partial charge is 0.123 e. The van der Waals surface area contributed by atoms with E-state index >= 15 is 0 Å². The second kappa shape index (κ2) is 15.8. The van der Waals surface area contributed by atoms with Crippen LogP contribution in [-0.4, -0.2) is 38.1 Å². The molecule has 0 aromatic heterocycles. The fourth-order valence-electron chi connectivity index (χ4n) is 3.25. The highest BCUT2D eigenvalue weighted by atomic mass is 16.5. The van der Waals surface area contributed by atoms with Gasteiger partial charge in [-0.1, -0.05) is 80.7 Å². The first kappa shape index (κ1) is 34.1. The van der Waals surface area contributed by atoms with Gasteiger partial charge in [0.2, 0.25) is 0 Å². The van der Waals surface area contributed by atoms with Gasteiger partial charge in [-0.05, 0) is 66.0 Å². The number of hydrogen-bond acceptors (Lipinski definition) is 4. The summed E-state index contributed by atoms with van der Waals surface area (Å²) in [7, 11) is 0. The Balaban J connectivity index is 0. The molecular formula is C30H52O4. The highest BCUT2D eigenvalue weighted by Gasteiger charge is 2.19. The third-order valence-corrected chi connectivity index (χ3v) is 4.93. The first-order valence-electron chi connectivity index (χ1n) is 11.6. The minimum Gasteiger partial charge on any atom is -0.491 e. The second-order valence-corrected chi connectivity index (χ2v) is 10.1. The van der Waals surface area contributed by atoms with Gasteiger partial charge in [0.25, 0.3) is 0 Å². The monoisotopic (exact) mass is 476 g/mol. The van der Waals surface area contributed by atoms with Crippen molar-refractivity contribution in [3.63, 3.8) is 0 Å². The van der Waals surface area contributed by atoms with Gasteiger partial charge < -0.3 is 19.3 Å². The molecule has 0 bridgehead atoms. The lowest BCUT2D eigenvalue weighted by atomic mass is 9.86. The zero-order valence-corrected chi connectivity index (χ0v) is 21.7. The summed E-state index contributed by atoms with van der Waals surface area (Å²) >= 11 is 0. The van der Waals surface area contributed by atoms with Crippen molar-refractivity contribution in [3.05, 3.63) is 58.7 Å². The van der Waals surface area contributed by atoms with Crippen LogP contribution in [0.15, 0.2) is 36.4 Å². The summed E-state index contributed by atoms with van der Waals surface area (Å²) in [6.45, 7) is 21.6. The van der Waals surface area contributed by atoms with Gasteiger partial charge in [-0.3, -0.25) is 0 Å². The Morgan fingerprint density at radius 3 is 1.44 bits per heavy atom. The lowest BCUT2D eigenvalue weighted by molar-refractivity contribution is 0.109. The maximum absolute atomic E-state index is 8.77. The first-order valence-corrected chi connectivity index (χ1v) is 11.6. The summed E-state index contributed by atoms with van der Waals surface area (Å²) in [5.41, 5.74) is 5.01. The van der Waals surface area contributed by atoms with Gasteiger partial charge in [-0.2, -0.15) is 0 Å². The molecule has 0 spiro atoms. The molecule has 0 aliphatic carbocycles. The Hall–Kier alpha value is -2.04. The number of aliphatic hydroxyl groups is 1. The summed E-state index contributed by atoms with van der Waals surface area (Å²) < 4.78 is 16.7. The van der Waals surface area contributed by atoms with Crippen LogP contribution in [0.1, 0.15) is 85.6 Å². The summed E-state index contributed by atoms with van der Waals surface area (Å²) in [5, 5.41) is 8.77. The maximum Gasteiger partial charge on any atom is 0.123 e. The molecule has 0 fully saturated rings. The van der Waals surface area contributed by atoms with Crippen LogP contribution in [0.25, 0.3) is 0 Å². The summed E-state index contributed by atoms with van der Waals surface area (Å²) in [5.74, 6) is 1.87. The quantitative estimate of drug-likeness (QED) is 0.398. The summed E-state index contributed by atoms with van der Waals surface area (Å²) in [4.78, 5) is 0. The van der Waals surface area contributed by atoms with Crippen LogP contribution < -0.4 is 9.47 Å². The number of benzene rings is 2. The molecule has 34 heavy (non-hydrogen) atoms. The van der Waals surface area contributed by atoms with Crippen molar-refractivity contribution in [2.75, 3.05) is 33.0 Å². The van der Waals surface area contributed by atoms with Crippen molar-refractivity contribution in [2.45, 2.75) is 88.0 Å². The Bertz CT molecular complexity index is 814. The van der Waals surface area contributed by atoms with Gasteiger partial charge in [0.1, 0.15) is 24.7 Å². The van der Waals surface area contributed by atoms with Crippen LogP contribution in [0.4, 0.5) is 0 Å². The van der Waals surface area contributed by atoms with E-state index in [9.17, 15) is 0 Å². The SMILES string of the molecule is C.C.CCOCCOc1cc(C)ccc1C(C)(C)C.Cc1ccc(C(C)(C)C)c(OCCO)c1. The fourth-order valence-corrected chi connectivity index (χ4v) is 3.25. The number of aliphatic hydroxyl groups excluding tert-OH is 1. The molecule has 0 saturated heterocycles. The molecule has 4 heteroatoms.